The van der Waals surface area contributed by atoms with E-state index in [1.807, 2.05) is 4.90 Å². The minimum Gasteiger partial charge on any atom is -0.348 e. The van der Waals surface area contributed by atoms with Crippen LogP contribution in [0.25, 0.3) is 0 Å². The van der Waals surface area contributed by atoms with Gasteiger partial charge in [0.05, 0.1) is 6.20 Å². The summed E-state index contributed by atoms with van der Waals surface area (Å²) in [5.41, 5.74) is 0.377. The number of hydrogen-bond donors (Lipinski definition) is 2. The van der Waals surface area contributed by atoms with Crippen LogP contribution in [0.3, 0.4) is 0 Å². The number of aryl methyl sites for hydroxylation is 1. The lowest BCUT2D eigenvalue weighted by Crippen LogP contribution is -2.51. The van der Waals surface area contributed by atoms with Crippen molar-refractivity contribution in [2.24, 2.45) is 0 Å². The Balaban J connectivity index is 1.28. The van der Waals surface area contributed by atoms with Gasteiger partial charge in [-0.05, 0) is 51.4 Å². The molecule has 28 heavy (non-hydrogen) atoms. The lowest BCUT2D eigenvalue weighted by atomic mass is 9.95. The predicted octanol–water partition coefficient (Wildman–Crippen LogP) is 2.46. The van der Waals surface area contributed by atoms with Crippen LogP contribution in [-0.4, -0.2) is 56.5 Å². The molecule has 8 nitrogen and oxygen atoms in total. The number of amides is 3. The Kier molecular flexibility index (Phi) is 6.12. The average molecular weight is 389 g/mol. The van der Waals surface area contributed by atoms with Crippen LogP contribution in [0.1, 0.15) is 81.1 Å². The van der Waals surface area contributed by atoms with E-state index < -0.39 is 0 Å². The highest BCUT2D eigenvalue weighted by Crippen LogP contribution is 2.23. The number of nitrogens with one attached hydrogen (secondary N) is 2. The first-order chi connectivity index (χ1) is 13.7. The van der Waals surface area contributed by atoms with Crippen molar-refractivity contribution < 1.29 is 9.59 Å². The summed E-state index contributed by atoms with van der Waals surface area (Å²) >= 11 is 0. The standard InChI is InChI=1S/C20H32N6O2/c27-19(21-16-9-10-16)18-14-25(24-23-18)13-11-17-8-4-5-12-26(17)20(28)22-15-6-2-1-3-7-15/h14-17H,1-13H2,(H,21,27)(H,22,28). The van der Waals surface area contributed by atoms with E-state index in [0.29, 0.717) is 24.3 Å². The van der Waals surface area contributed by atoms with Crippen molar-refractivity contribution in [2.75, 3.05) is 6.54 Å². The third-order valence-corrected chi connectivity index (χ3v) is 6.20. The zero-order chi connectivity index (χ0) is 19.3. The summed E-state index contributed by atoms with van der Waals surface area (Å²) in [6, 6.07) is 0.979. The van der Waals surface area contributed by atoms with E-state index in [1.54, 1.807) is 10.9 Å². The molecule has 2 saturated carbocycles. The summed E-state index contributed by atoms with van der Waals surface area (Å²) in [4.78, 5) is 26.9. The van der Waals surface area contributed by atoms with Gasteiger partial charge in [-0.15, -0.1) is 5.10 Å². The summed E-state index contributed by atoms with van der Waals surface area (Å²) in [6.45, 7) is 1.50. The van der Waals surface area contributed by atoms with Gasteiger partial charge in [0, 0.05) is 31.2 Å². The molecule has 1 aromatic rings. The van der Waals surface area contributed by atoms with Gasteiger partial charge in [0.15, 0.2) is 5.69 Å². The first-order valence-electron chi connectivity index (χ1n) is 11.0. The molecule has 2 N–H and O–H groups in total. The molecular weight excluding hydrogens is 356 g/mol. The molecule has 0 radical (unpaired) electrons. The van der Waals surface area contributed by atoms with Crippen molar-refractivity contribution in [3.05, 3.63) is 11.9 Å². The Bertz CT molecular complexity index is 680. The van der Waals surface area contributed by atoms with E-state index in [-0.39, 0.29) is 18.0 Å². The van der Waals surface area contributed by atoms with Crippen LogP contribution in [0.15, 0.2) is 6.20 Å². The summed E-state index contributed by atoms with van der Waals surface area (Å²) in [5.74, 6) is -0.139. The van der Waals surface area contributed by atoms with E-state index in [1.165, 1.54) is 19.3 Å². The number of carbonyl (C=O) groups excluding carboxylic acids is 2. The second kappa shape index (κ2) is 8.92. The van der Waals surface area contributed by atoms with Gasteiger partial charge in [-0.3, -0.25) is 9.48 Å². The predicted molar refractivity (Wildman–Crippen MR) is 105 cm³/mol. The van der Waals surface area contributed by atoms with Crippen molar-refractivity contribution in [3.8, 4) is 0 Å². The third-order valence-electron chi connectivity index (χ3n) is 6.20. The lowest BCUT2D eigenvalue weighted by Gasteiger charge is -2.37. The first kappa shape index (κ1) is 19.2. The number of rotatable bonds is 6. The molecule has 0 aromatic carbocycles. The summed E-state index contributed by atoms with van der Waals surface area (Å²) in [6.07, 6.45) is 13.9. The van der Waals surface area contributed by atoms with Gasteiger partial charge in [0.1, 0.15) is 0 Å². The topological polar surface area (TPSA) is 92.2 Å². The van der Waals surface area contributed by atoms with E-state index in [4.69, 9.17) is 0 Å². The van der Waals surface area contributed by atoms with Crippen LogP contribution in [0, 0.1) is 0 Å². The van der Waals surface area contributed by atoms with Crippen molar-refractivity contribution >= 4 is 11.9 Å². The molecule has 1 aliphatic heterocycles. The molecule has 1 aromatic heterocycles. The van der Waals surface area contributed by atoms with Gasteiger partial charge in [0.25, 0.3) is 5.91 Å². The van der Waals surface area contributed by atoms with Crippen LogP contribution in [0.2, 0.25) is 0 Å². The Morgan fingerprint density at radius 2 is 1.71 bits per heavy atom. The highest BCUT2D eigenvalue weighted by atomic mass is 16.2. The van der Waals surface area contributed by atoms with Gasteiger partial charge >= 0.3 is 6.03 Å². The summed E-state index contributed by atoms with van der Waals surface area (Å²) < 4.78 is 1.73. The Labute approximate surface area is 166 Å². The Morgan fingerprint density at radius 1 is 0.964 bits per heavy atom. The zero-order valence-electron chi connectivity index (χ0n) is 16.6. The molecule has 1 saturated heterocycles. The van der Waals surface area contributed by atoms with Crippen molar-refractivity contribution in [3.63, 3.8) is 0 Å². The maximum absolute atomic E-state index is 12.8. The fraction of sp³-hybridized carbons (Fsp3) is 0.800. The highest BCUT2D eigenvalue weighted by molar-refractivity contribution is 5.92. The van der Waals surface area contributed by atoms with E-state index in [9.17, 15) is 9.59 Å². The molecule has 1 unspecified atom stereocenters. The van der Waals surface area contributed by atoms with Crippen LogP contribution < -0.4 is 10.6 Å². The molecule has 1 atom stereocenters. The Hall–Kier alpha value is -2.12. The molecule has 2 heterocycles. The van der Waals surface area contributed by atoms with Crippen LogP contribution >= 0.6 is 0 Å². The number of nitrogens with zero attached hydrogens (tertiary/aromatic N) is 4. The molecule has 4 rings (SSSR count). The quantitative estimate of drug-likeness (QED) is 0.783. The van der Waals surface area contributed by atoms with Crippen molar-refractivity contribution in [2.45, 2.75) is 95.3 Å². The van der Waals surface area contributed by atoms with Crippen LogP contribution in [0.4, 0.5) is 4.79 Å². The molecule has 3 fully saturated rings. The second-order valence-electron chi connectivity index (χ2n) is 8.53. The van der Waals surface area contributed by atoms with Crippen LogP contribution in [-0.2, 0) is 6.54 Å². The maximum Gasteiger partial charge on any atom is 0.317 e. The van der Waals surface area contributed by atoms with Gasteiger partial charge in [0.2, 0.25) is 0 Å². The number of piperidine rings is 1. The van der Waals surface area contributed by atoms with E-state index in [2.05, 4.69) is 20.9 Å². The molecule has 8 heteroatoms. The first-order valence-corrected chi connectivity index (χ1v) is 11.0. The van der Waals surface area contributed by atoms with Crippen molar-refractivity contribution in [1.82, 2.24) is 30.5 Å². The number of aromatic nitrogens is 3. The van der Waals surface area contributed by atoms with Gasteiger partial charge in [-0.1, -0.05) is 24.5 Å². The smallest absolute Gasteiger partial charge is 0.317 e. The molecule has 3 amide bonds. The fourth-order valence-electron chi connectivity index (χ4n) is 4.35. The normalized spacial score (nSPS) is 23.4. The number of urea groups is 1. The lowest BCUT2D eigenvalue weighted by molar-refractivity contribution is 0.0946. The maximum atomic E-state index is 12.8. The van der Waals surface area contributed by atoms with Crippen LogP contribution in [0.5, 0.6) is 0 Å². The summed E-state index contributed by atoms with van der Waals surface area (Å²) in [7, 11) is 0. The monoisotopic (exact) mass is 388 g/mol. The zero-order valence-corrected chi connectivity index (χ0v) is 16.6. The Morgan fingerprint density at radius 3 is 2.50 bits per heavy atom. The van der Waals surface area contributed by atoms with Gasteiger partial charge < -0.3 is 15.5 Å². The minimum absolute atomic E-state index is 0.0969. The number of hydrogen-bond acceptors (Lipinski definition) is 4. The second-order valence-corrected chi connectivity index (χ2v) is 8.53. The fourth-order valence-corrected chi connectivity index (χ4v) is 4.35. The highest BCUT2D eigenvalue weighted by Gasteiger charge is 2.29. The minimum atomic E-state index is -0.139. The molecule has 3 aliphatic rings. The number of carbonyl (C=O) groups is 2. The van der Waals surface area contributed by atoms with Crippen molar-refractivity contribution in [1.29, 1.82) is 0 Å². The van der Waals surface area contributed by atoms with E-state index in [0.717, 1.165) is 57.9 Å². The van der Waals surface area contributed by atoms with Gasteiger partial charge in [-0.2, -0.15) is 0 Å². The summed E-state index contributed by atoms with van der Waals surface area (Å²) in [5, 5.41) is 14.3. The molecule has 2 aliphatic carbocycles. The molecule has 0 bridgehead atoms. The molecular formula is C20H32N6O2. The van der Waals surface area contributed by atoms with E-state index >= 15 is 0 Å². The third kappa shape index (κ3) is 5.02. The van der Waals surface area contributed by atoms with Gasteiger partial charge in [-0.25, -0.2) is 4.79 Å². The molecule has 154 valence electrons. The number of likely N-dealkylation sites (tertiary alicyclic amines) is 1. The SMILES string of the molecule is O=C(NC1CC1)c1cn(CCC2CCCCN2C(=O)NC2CCCCC2)nn1. The molecule has 0 spiro atoms. The largest absolute Gasteiger partial charge is 0.348 e. The average Bonchev–Trinajstić information content (AvgIpc) is 3.40.